The van der Waals surface area contributed by atoms with E-state index in [1.165, 1.54) is 11.8 Å². The van der Waals surface area contributed by atoms with E-state index in [1.54, 1.807) is 30.6 Å². The van der Waals surface area contributed by atoms with Crippen molar-refractivity contribution >= 4 is 46.1 Å². The molecule has 0 saturated carbocycles. The van der Waals surface area contributed by atoms with Crippen LogP contribution in [0, 0.1) is 24.2 Å². The number of benzene rings is 1. The second kappa shape index (κ2) is 12.9. The lowest BCUT2D eigenvalue weighted by atomic mass is 9.97. The summed E-state index contributed by atoms with van der Waals surface area (Å²) in [5, 5.41) is 9.88. The largest absolute Gasteiger partial charge is 0.493 e. The van der Waals surface area contributed by atoms with E-state index in [0.717, 1.165) is 49.3 Å². The van der Waals surface area contributed by atoms with Gasteiger partial charge in [-0.3, -0.25) is 19.1 Å². The molecule has 1 amide bonds. The summed E-state index contributed by atoms with van der Waals surface area (Å²) in [7, 11) is 3.19. The highest BCUT2D eigenvalue weighted by molar-refractivity contribution is 8.26. The van der Waals surface area contributed by atoms with E-state index in [9.17, 15) is 14.9 Å². The Morgan fingerprint density at radius 3 is 2.48 bits per heavy atom. The Balaban J connectivity index is 1.69. The zero-order valence-electron chi connectivity index (χ0n) is 23.8. The van der Waals surface area contributed by atoms with Crippen LogP contribution in [0.4, 0.5) is 5.82 Å². The fourth-order valence-corrected chi connectivity index (χ4v) is 6.53. The summed E-state index contributed by atoms with van der Waals surface area (Å²) in [4.78, 5) is 31.3. The number of hydrogen-bond donors (Lipinski definition) is 0. The molecule has 10 heteroatoms. The smallest absolute Gasteiger partial charge is 0.270 e. The molecular formula is C30H36N4O4S2. The monoisotopic (exact) mass is 580 g/mol. The minimum absolute atomic E-state index is 0.123. The minimum Gasteiger partial charge on any atom is -0.493 e. The first-order valence-corrected chi connectivity index (χ1v) is 14.8. The normalized spacial score (nSPS) is 17.1. The molecule has 3 heterocycles. The third-order valence-corrected chi connectivity index (χ3v) is 8.98. The van der Waals surface area contributed by atoms with Crippen molar-refractivity contribution in [1.29, 1.82) is 5.26 Å². The molecule has 0 spiro atoms. The number of hydrogen-bond acceptors (Lipinski definition) is 8. The Morgan fingerprint density at radius 1 is 1.15 bits per heavy atom. The van der Waals surface area contributed by atoms with Crippen LogP contribution < -0.4 is 19.9 Å². The van der Waals surface area contributed by atoms with Crippen molar-refractivity contribution < 1.29 is 14.3 Å². The Labute approximate surface area is 245 Å². The first-order chi connectivity index (χ1) is 19.2. The van der Waals surface area contributed by atoms with Crippen LogP contribution in [-0.4, -0.2) is 53.5 Å². The Kier molecular flexibility index (Phi) is 9.59. The van der Waals surface area contributed by atoms with Crippen LogP contribution >= 0.6 is 24.0 Å². The predicted octanol–water partition coefficient (Wildman–Crippen LogP) is 5.14. The molecule has 0 bridgehead atoms. The van der Waals surface area contributed by atoms with Gasteiger partial charge < -0.3 is 14.4 Å². The maximum atomic E-state index is 13.6. The Bertz CT molecular complexity index is 1430. The molecule has 4 rings (SSSR count). The number of amides is 1. The second-order valence-electron chi connectivity index (χ2n) is 10.2. The van der Waals surface area contributed by atoms with E-state index in [1.807, 2.05) is 31.2 Å². The lowest BCUT2D eigenvalue weighted by Crippen LogP contribution is -2.39. The van der Waals surface area contributed by atoms with Crippen LogP contribution in [0.2, 0.25) is 0 Å². The van der Waals surface area contributed by atoms with Gasteiger partial charge in [-0.2, -0.15) is 5.26 Å². The van der Waals surface area contributed by atoms with Crippen molar-refractivity contribution in [3.8, 4) is 17.6 Å². The molecule has 2 fully saturated rings. The van der Waals surface area contributed by atoms with Crippen molar-refractivity contribution in [1.82, 2.24) is 9.47 Å². The fraction of sp³-hybridized carbons (Fsp3) is 0.467. The molecule has 0 radical (unpaired) electrons. The number of carbonyl (C=O) groups excluding carboxylic acids is 1. The number of thioether (sulfide) groups is 1. The highest BCUT2D eigenvalue weighted by Gasteiger charge is 2.33. The van der Waals surface area contributed by atoms with Gasteiger partial charge in [-0.25, -0.2) is 0 Å². The molecule has 2 saturated heterocycles. The molecule has 0 atom stereocenters. The molecule has 0 N–H and O–H groups in total. The van der Waals surface area contributed by atoms with Gasteiger partial charge in [-0.15, -0.1) is 0 Å². The average molecular weight is 581 g/mol. The topological polar surface area (TPSA) is 87.8 Å². The molecule has 0 unspecified atom stereocenters. The maximum Gasteiger partial charge on any atom is 0.270 e. The van der Waals surface area contributed by atoms with Crippen molar-refractivity contribution in [3.63, 3.8) is 0 Å². The van der Waals surface area contributed by atoms with Gasteiger partial charge >= 0.3 is 0 Å². The maximum absolute atomic E-state index is 13.6. The van der Waals surface area contributed by atoms with E-state index >= 15 is 0 Å². The van der Waals surface area contributed by atoms with Crippen LogP contribution in [0.25, 0.3) is 6.08 Å². The van der Waals surface area contributed by atoms with Crippen LogP contribution in [0.3, 0.4) is 0 Å². The highest BCUT2D eigenvalue weighted by Crippen LogP contribution is 2.37. The molecule has 2 aliphatic heterocycles. The zero-order chi connectivity index (χ0) is 29.0. The van der Waals surface area contributed by atoms with Gasteiger partial charge in [-0.1, -0.05) is 43.9 Å². The van der Waals surface area contributed by atoms with E-state index in [2.05, 4.69) is 17.9 Å². The van der Waals surface area contributed by atoms with E-state index in [0.29, 0.717) is 51.7 Å². The summed E-state index contributed by atoms with van der Waals surface area (Å²) in [5.74, 6) is 2.53. The van der Waals surface area contributed by atoms with Gasteiger partial charge in [0.2, 0.25) is 0 Å². The van der Waals surface area contributed by atoms with Crippen LogP contribution in [0.15, 0.2) is 27.9 Å². The lowest BCUT2D eigenvalue weighted by Gasteiger charge is -2.35. The summed E-state index contributed by atoms with van der Waals surface area (Å²) in [5.41, 5.74) is 2.20. The number of ether oxygens (including phenoxy) is 2. The van der Waals surface area contributed by atoms with Gasteiger partial charge in [0.25, 0.3) is 11.5 Å². The van der Waals surface area contributed by atoms with Crippen LogP contribution in [-0.2, 0) is 17.8 Å². The van der Waals surface area contributed by atoms with E-state index < -0.39 is 0 Å². The van der Waals surface area contributed by atoms with Gasteiger partial charge in [0, 0.05) is 31.7 Å². The Hall–Kier alpha value is -3.29. The zero-order valence-corrected chi connectivity index (χ0v) is 25.4. The molecule has 212 valence electrons. The average Bonchev–Trinajstić information content (AvgIpc) is 3.22. The minimum atomic E-state index is -0.268. The lowest BCUT2D eigenvalue weighted by molar-refractivity contribution is -0.122. The summed E-state index contributed by atoms with van der Waals surface area (Å²) in [6.07, 6.45) is 5.23. The second-order valence-corrected chi connectivity index (χ2v) is 11.9. The van der Waals surface area contributed by atoms with Crippen LogP contribution in [0.5, 0.6) is 11.5 Å². The van der Waals surface area contributed by atoms with Crippen molar-refractivity contribution in [2.45, 2.75) is 53.0 Å². The number of anilines is 1. The van der Waals surface area contributed by atoms with E-state index in [4.69, 9.17) is 21.7 Å². The molecule has 1 aromatic carbocycles. The highest BCUT2D eigenvalue weighted by atomic mass is 32.2. The predicted molar refractivity (Wildman–Crippen MR) is 164 cm³/mol. The molecule has 8 nitrogen and oxygen atoms in total. The number of methoxy groups -OCH3 is 2. The quantitative estimate of drug-likeness (QED) is 0.298. The number of thiocarbonyl (C=S) groups is 1. The molecule has 1 aromatic heterocycles. The molecule has 2 aromatic rings. The van der Waals surface area contributed by atoms with Gasteiger partial charge in [0.05, 0.1) is 19.1 Å². The number of pyridine rings is 1. The van der Waals surface area contributed by atoms with Gasteiger partial charge in [-0.05, 0) is 67.9 Å². The number of nitrogens with zero attached hydrogens (tertiary/aromatic N) is 4. The number of carbonyl (C=O) groups is 1. The number of rotatable bonds is 9. The first-order valence-electron chi connectivity index (χ1n) is 13.6. The molecule has 0 aliphatic carbocycles. The molecule has 2 aliphatic rings. The van der Waals surface area contributed by atoms with Crippen molar-refractivity contribution in [2.24, 2.45) is 5.92 Å². The standard InChI is InChI=1S/C30H36N4O4S2/c1-6-12-33-27(32-13-9-19(2)10-14-32)22(20(3)23(18-31)28(33)35)17-26-29(36)34(30(39)40-26)15-11-21-7-8-24(37-4)25(16-21)38-5/h7-8,16-17,19H,6,9-15H2,1-5H3. The summed E-state index contributed by atoms with van der Waals surface area (Å²) in [6, 6.07) is 7.82. The molecular weight excluding hydrogens is 544 g/mol. The SMILES string of the molecule is CCCn1c(N2CCC(C)CC2)c(C=C2SC(=S)N(CCc3ccc(OC)c(OC)c3)C2=O)c(C)c(C#N)c1=O. The summed E-state index contributed by atoms with van der Waals surface area (Å²) in [6.45, 7) is 8.63. The van der Waals surface area contributed by atoms with E-state index in [-0.39, 0.29) is 17.0 Å². The fourth-order valence-electron chi connectivity index (χ4n) is 5.24. The summed E-state index contributed by atoms with van der Waals surface area (Å²) >= 11 is 6.88. The van der Waals surface area contributed by atoms with Gasteiger partial charge in [0.1, 0.15) is 21.8 Å². The number of nitriles is 1. The summed E-state index contributed by atoms with van der Waals surface area (Å²) < 4.78 is 13.0. The first kappa shape index (κ1) is 29.7. The Morgan fingerprint density at radius 2 is 1.85 bits per heavy atom. The van der Waals surface area contributed by atoms with Crippen molar-refractivity contribution in [2.75, 3.05) is 38.8 Å². The third kappa shape index (κ3) is 5.91. The number of aromatic nitrogens is 1. The van der Waals surface area contributed by atoms with Gasteiger partial charge in [0.15, 0.2) is 11.5 Å². The van der Waals surface area contributed by atoms with Crippen LogP contribution in [0.1, 0.15) is 55.4 Å². The molecule has 40 heavy (non-hydrogen) atoms. The van der Waals surface area contributed by atoms with Crippen molar-refractivity contribution in [3.05, 3.63) is 55.7 Å². The third-order valence-electron chi connectivity index (χ3n) is 7.60. The number of piperidine rings is 1.